The van der Waals surface area contributed by atoms with E-state index in [0.29, 0.717) is 18.9 Å². The summed E-state index contributed by atoms with van der Waals surface area (Å²) in [7, 11) is 0. The Morgan fingerprint density at radius 3 is 2.50 bits per heavy atom. The third-order valence-corrected chi connectivity index (χ3v) is 5.19. The summed E-state index contributed by atoms with van der Waals surface area (Å²) in [5.41, 5.74) is 1.63. The van der Waals surface area contributed by atoms with Gasteiger partial charge < -0.3 is 15.7 Å². The van der Waals surface area contributed by atoms with Gasteiger partial charge in [-0.15, -0.1) is 0 Å². The zero-order valence-electron chi connectivity index (χ0n) is 14.7. The maximum atomic E-state index is 12.6. The fourth-order valence-corrected chi connectivity index (χ4v) is 3.57. The molecule has 1 aromatic rings. The first-order valence-corrected chi connectivity index (χ1v) is 9.18. The van der Waals surface area contributed by atoms with Crippen molar-refractivity contribution in [3.05, 3.63) is 35.4 Å². The molecule has 3 amide bonds. The smallest absolute Gasteiger partial charge is 0.325 e. The molecule has 1 unspecified atom stereocenters. The number of hydrogen-bond acceptors (Lipinski definition) is 4. The number of nitrogens with one attached hydrogen (secondary N) is 2. The Morgan fingerprint density at radius 1 is 1.15 bits per heavy atom. The van der Waals surface area contributed by atoms with E-state index in [2.05, 4.69) is 10.6 Å². The predicted molar refractivity (Wildman–Crippen MR) is 95.6 cm³/mol. The van der Waals surface area contributed by atoms with E-state index in [9.17, 15) is 14.4 Å². The van der Waals surface area contributed by atoms with Crippen LogP contribution >= 0.6 is 0 Å². The molecule has 140 valence electrons. The molecule has 0 spiro atoms. The summed E-state index contributed by atoms with van der Waals surface area (Å²) in [6.45, 7) is 2.46. The molecule has 1 aromatic carbocycles. The highest BCUT2D eigenvalue weighted by atomic mass is 16.4. The van der Waals surface area contributed by atoms with Crippen LogP contribution in [-0.4, -0.2) is 47.5 Å². The van der Waals surface area contributed by atoms with Crippen molar-refractivity contribution >= 4 is 17.9 Å². The maximum Gasteiger partial charge on any atom is 0.325 e. The van der Waals surface area contributed by atoms with E-state index in [4.69, 9.17) is 5.11 Å². The van der Waals surface area contributed by atoms with Gasteiger partial charge in [0.15, 0.2) is 0 Å². The minimum Gasteiger partial charge on any atom is -0.481 e. The fraction of sp³-hybridized carbons (Fsp3) is 0.526. The second kappa shape index (κ2) is 8.31. The van der Waals surface area contributed by atoms with Crippen molar-refractivity contribution in [2.24, 2.45) is 5.92 Å². The predicted octanol–water partition coefficient (Wildman–Crippen LogP) is 1.69. The number of nitrogens with zero attached hydrogens (tertiary/aromatic N) is 1. The van der Waals surface area contributed by atoms with Gasteiger partial charge in [-0.25, -0.2) is 4.79 Å². The molecule has 2 aliphatic rings. The highest BCUT2D eigenvalue weighted by Crippen LogP contribution is 2.24. The third-order valence-electron chi connectivity index (χ3n) is 5.19. The van der Waals surface area contributed by atoms with Crippen molar-refractivity contribution in [2.45, 2.75) is 38.1 Å². The van der Waals surface area contributed by atoms with Crippen LogP contribution in [0.25, 0.3) is 0 Å². The van der Waals surface area contributed by atoms with Crippen molar-refractivity contribution in [1.29, 1.82) is 0 Å². The number of carboxylic acids is 1. The molecule has 7 heteroatoms. The Labute approximate surface area is 152 Å². The lowest BCUT2D eigenvalue weighted by molar-refractivity contribution is -0.137. The Kier molecular flexibility index (Phi) is 5.88. The molecule has 0 bridgehead atoms. The van der Waals surface area contributed by atoms with Gasteiger partial charge in [-0.05, 0) is 55.8 Å². The van der Waals surface area contributed by atoms with E-state index in [1.807, 2.05) is 12.1 Å². The number of carbonyl (C=O) groups is 3. The van der Waals surface area contributed by atoms with Crippen molar-refractivity contribution in [2.75, 3.05) is 19.6 Å². The van der Waals surface area contributed by atoms with Crippen molar-refractivity contribution < 1.29 is 19.5 Å². The standard InChI is InChI=1S/C19H25N3O4/c23-16(24)6-3-13-1-4-15(5-2-13)17-18(25)22(19(26)21-17)12-9-14-7-10-20-11-8-14/h1-2,4-5,14,17,20H,3,6-12H2,(H,21,26)(H,23,24). The van der Waals surface area contributed by atoms with Gasteiger partial charge in [0.2, 0.25) is 0 Å². The number of urea groups is 1. The molecule has 2 aliphatic heterocycles. The van der Waals surface area contributed by atoms with Gasteiger partial charge in [-0.3, -0.25) is 14.5 Å². The molecule has 1 atom stereocenters. The third kappa shape index (κ3) is 4.40. The molecule has 0 saturated carbocycles. The Morgan fingerprint density at radius 2 is 1.85 bits per heavy atom. The summed E-state index contributed by atoms with van der Waals surface area (Å²) in [4.78, 5) is 36.8. The summed E-state index contributed by atoms with van der Waals surface area (Å²) in [5.74, 6) is -0.483. The van der Waals surface area contributed by atoms with Crippen LogP contribution in [-0.2, 0) is 16.0 Å². The Hall–Kier alpha value is -2.41. The Bertz CT molecular complexity index is 668. The van der Waals surface area contributed by atoms with Gasteiger partial charge in [0.25, 0.3) is 5.91 Å². The summed E-state index contributed by atoms with van der Waals surface area (Å²) >= 11 is 0. The number of imide groups is 1. The van der Waals surface area contributed by atoms with E-state index < -0.39 is 12.0 Å². The van der Waals surface area contributed by atoms with Gasteiger partial charge in [0, 0.05) is 13.0 Å². The quantitative estimate of drug-likeness (QED) is 0.644. The fourth-order valence-electron chi connectivity index (χ4n) is 3.57. The number of carbonyl (C=O) groups excluding carboxylic acids is 2. The van der Waals surface area contributed by atoms with Crippen molar-refractivity contribution in [3.63, 3.8) is 0 Å². The minimum atomic E-state index is -0.836. The number of amides is 3. The van der Waals surface area contributed by atoms with Gasteiger partial charge >= 0.3 is 12.0 Å². The van der Waals surface area contributed by atoms with E-state index >= 15 is 0 Å². The molecule has 2 fully saturated rings. The number of carboxylic acid groups (broad SMARTS) is 1. The second-order valence-electron chi connectivity index (χ2n) is 6.99. The lowest BCUT2D eigenvalue weighted by atomic mass is 9.94. The molecule has 2 heterocycles. The summed E-state index contributed by atoms with van der Waals surface area (Å²) < 4.78 is 0. The number of piperidine rings is 1. The monoisotopic (exact) mass is 359 g/mol. The first-order valence-electron chi connectivity index (χ1n) is 9.18. The van der Waals surface area contributed by atoms with Crippen LogP contribution < -0.4 is 10.6 Å². The minimum absolute atomic E-state index is 0.0723. The molecule has 3 rings (SSSR count). The van der Waals surface area contributed by atoms with E-state index in [1.54, 1.807) is 12.1 Å². The van der Waals surface area contributed by atoms with Crippen molar-refractivity contribution in [3.8, 4) is 0 Å². The van der Waals surface area contributed by atoms with Crippen molar-refractivity contribution in [1.82, 2.24) is 15.5 Å². The van der Waals surface area contributed by atoms with Crippen LogP contribution in [0.4, 0.5) is 4.79 Å². The number of hydrogen-bond donors (Lipinski definition) is 3. The lowest BCUT2D eigenvalue weighted by Gasteiger charge is -2.24. The highest BCUT2D eigenvalue weighted by Gasteiger charge is 2.38. The SMILES string of the molecule is O=C(O)CCc1ccc(C2NC(=O)N(CCC3CCNCC3)C2=O)cc1. The average Bonchev–Trinajstić information content (AvgIpc) is 2.93. The normalized spacial score (nSPS) is 21.1. The maximum absolute atomic E-state index is 12.6. The molecule has 0 aliphatic carbocycles. The first kappa shape index (κ1) is 18.4. The highest BCUT2D eigenvalue weighted by molar-refractivity contribution is 6.04. The lowest BCUT2D eigenvalue weighted by Crippen LogP contribution is -2.35. The zero-order valence-corrected chi connectivity index (χ0v) is 14.7. The largest absolute Gasteiger partial charge is 0.481 e. The van der Waals surface area contributed by atoms with Gasteiger partial charge in [-0.2, -0.15) is 0 Å². The topological polar surface area (TPSA) is 98.7 Å². The molecule has 26 heavy (non-hydrogen) atoms. The van der Waals surface area contributed by atoms with Crippen LogP contribution in [0.15, 0.2) is 24.3 Å². The summed E-state index contributed by atoms with van der Waals surface area (Å²) in [6, 6.07) is 6.23. The van der Waals surface area contributed by atoms with E-state index in [0.717, 1.165) is 43.5 Å². The van der Waals surface area contributed by atoms with Gasteiger partial charge in [0.1, 0.15) is 6.04 Å². The van der Waals surface area contributed by atoms with Crippen LogP contribution in [0.1, 0.15) is 42.9 Å². The van der Waals surface area contributed by atoms with Gasteiger partial charge in [0.05, 0.1) is 0 Å². The number of aryl methyl sites for hydroxylation is 1. The van der Waals surface area contributed by atoms with Gasteiger partial charge in [-0.1, -0.05) is 24.3 Å². The molecule has 0 radical (unpaired) electrons. The molecular formula is C19H25N3O4. The molecular weight excluding hydrogens is 334 g/mol. The molecule has 3 N–H and O–H groups in total. The number of rotatable bonds is 7. The van der Waals surface area contributed by atoms with Crippen LogP contribution in [0.5, 0.6) is 0 Å². The zero-order chi connectivity index (χ0) is 18.5. The molecule has 0 aromatic heterocycles. The number of aliphatic carboxylic acids is 1. The summed E-state index contributed by atoms with van der Waals surface area (Å²) in [5, 5.41) is 14.8. The van der Waals surface area contributed by atoms with Crippen LogP contribution in [0.2, 0.25) is 0 Å². The molecule has 2 saturated heterocycles. The summed E-state index contributed by atoms with van der Waals surface area (Å²) in [6.07, 6.45) is 3.54. The van der Waals surface area contributed by atoms with E-state index in [1.165, 1.54) is 4.90 Å². The van der Waals surface area contributed by atoms with Crippen LogP contribution in [0, 0.1) is 5.92 Å². The van der Waals surface area contributed by atoms with E-state index in [-0.39, 0.29) is 18.4 Å². The Balaban J connectivity index is 1.58. The van der Waals surface area contributed by atoms with Crippen LogP contribution in [0.3, 0.4) is 0 Å². The first-order chi connectivity index (χ1) is 12.5. The second-order valence-corrected chi connectivity index (χ2v) is 6.99. The molecule has 7 nitrogen and oxygen atoms in total. The number of benzene rings is 1. The average molecular weight is 359 g/mol.